The maximum atomic E-state index is 13.1. The Morgan fingerprint density at radius 3 is 2.21 bits per heavy atom. The van der Waals surface area contributed by atoms with Gasteiger partial charge >= 0.3 is 0 Å². The Bertz CT molecular complexity index is 1590. The second kappa shape index (κ2) is 10.2. The van der Waals surface area contributed by atoms with Crippen LogP contribution < -0.4 is 10.2 Å². The number of hydrogen-bond acceptors (Lipinski definition) is 5. The average Bonchev–Trinajstić information content (AvgIpc) is 3.28. The molecular weight excluding hydrogens is 514 g/mol. The second-order valence-electron chi connectivity index (χ2n) is 10.2. The number of rotatable bonds is 9. The van der Waals surface area contributed by atoms with Gasteiger partial charge in [0, 0.05) is 36.0 Å². The number of fused-ring (bicyclic) bond motifs is 2. The van der Waals surface area contributed by atoms with E-state index in [4.69, 9.17) is 4.55 Å². The van der Waals surface area contributed by atoms with E-state index in [1.165, 1.54) is 4.90 Å². The standard InChI is InChI=1S/C30H29N3O5S/c1-30(2)25-20-22(33-28(34)23-12-6-7-13-24(23)29(33)35)14-15-26(25)32(18-8-9-19-39(36,37)38)27(30)16-17-31-21-10-4-3-5-11-21/h3-7,10-17,20H,8-9,18-19H2,1-2H3,(H,36,37,38)/p+1. The lowest BCUT2D eigenvalue weighted by Crippen LogP contribution is -2.30. The quantitative estimate of drug-likeness (QED) is 0.167. The van der Waals surface area contributed by atoms with Crippen LogP contribution in [0.5, 0.6) is 0 Å². The molecule has 39 heavy (non-hydrogen) atoms. The van der Waals surface area contributed by atoms with Crippen LogP contribution in [0.25, 0.3) is 0 Å². The van der Waals surface area contributed by atoms with Crippen molar-refractivity contribution in [2.24, 2.45) is 0 Å². The highest BCUT2D eigenvalue weighted by Crippen LogP contribution is 2.43. The fourth-order valence-electron chi connectivity index (χ4n) is 5.27. The minimum absolute atomic E-state index is 0.295. The Morgan fingerprint density at radius 1 is 0.923 bits per heavy atom. The Balaban J connectivity index is 1.48. The van der Waals surface area contributed by atoms with Gasteiger partial charge in [0.1, 0.15) is 6.54 Å². The zero-order chi connectivity index (χ0) is 27.8. The maximum absolute atomic E-state index is 13.1. The number of amides is 2. The normalized spacial score (nSPS) is 16.2. The molecular formula is C30H30N3O5S+. The van der Waals surface area contributed by atoms with Crippen LogP contribution in [0.2, 0.25) is 0 Å². The van der Waals surface area contributed by atoms with Crippen molar-refractivity contribution >= 4 is 44.7 Å². The first-order valence-corrected chi connectivity index (χ1v) is 14.4. The van der Waals surface area contributed by atoms with Gasteiger partial charge in [0.25, 0.3) is 21.9 Å². The third kappa shape index (κ3) is 5.15. The van der Waals surface area contributed by atoms with Crippen molar-refractivity contribution in [3.8, 4) is 0 Å². The van der Waals surface area contributed by atoms with E-state index in [1.54, 1.807) is 30.3 Å². The van der Waals surface area contributed by atoms with Gasteiger partial charge in [-0.1, -0.05) is 30.3 Å². The van der Waals surface area contributed by atoms with Crippen molar-refractivity contribution in [2.75, 3.05) is 22.5 Å². The number of imide groups is 1. The highest BCUT2D eigenvalue weighted by atomic mass is 32.2. The lowest BCUT2D eigenvalue weighted by atomic mass is 9.81. The Hall–Kier alpha value is -4.08. The molecule has 0 fully saturated rings. The molecule has 0 spiro atoms. The Labute approximate surface area is 228 Å². The van der Waals surface area contributed by atoms with Crippen LogP contribution in [-0.4, -0.2) is 47.4 Å². The number of nitrogens with zero attached hydrogens (tertiary/aromatic N) is 2. The van der Waals surface area contributed by atoms with Gasteiger partial charge in [0.2, 0.25) is 5.69 Å². The average molecular weight is 545 g/mol. The number of carbonyl (C=O) groups is 2. The molecule has 2 aliphatic rings. The topological polar surface area (TPSA) is 107 Å². The first-order valence-electron chi connectivity index (χ1n) is 12.8. The van der Waals surface area contributed by atoms with Gasteiger partial charge in [-0.3, -0.25) is 14.1 Å². The summed E-state index contributed by atoms with van der Waals surface area (Å²) >= 11 is 0. The van der Waals surface area contributed by atoms with Crippen LogP contribution in [0.3, 0.4) is 0 Å². The second-order valence-corrected chi connectivity index (χ2v) is 11.8. The van der Waals surface area contributed by atoms with E-state index >= 15 is 0 Å². The molecule has 200 valence electrons. The lowest BCUT2D eigenvalue weighted by molar-refractivity contribution is -0.438. The number of carbonyl (C=O) groups excluding carboxylic acids is 2. The van der Waals surface area contributed by atoms with E-state index in [0.717, 1.165) is 22.6 Å². The van der Waals surface area contributed by atoms with Crippen molar-refractivity contribution in [3.05, 3.63) is 102 Å². The molecule has 2 N–H and O–H groups in total. The van der Waals surface area contributed by atoms with Crippen molar-refractivity contribution in [1.29, 1.82) is 0 Å². The summed E-state index contributed by atoms with van der Waals surface area (Å²) in [6.07, 6.45) is 4.72. The fraction of sp³-hybridized carbons (Fsp3) is 0.233. The zero-order valence-corrected chi connectivity index (χ0v) is 22.6. The van der Waals surface area contributed by atoms with Crippen LogP contribution in [0.4, 0.5) is 17.1 Å². The van der Waals surface area contributed by atoms with Gasteiger partial charge in [0.15, 0.2) is 5.71 Å². The summed E-state index contributed by atoms with van der Waals surface area (Å²) in [6, 6.07) is 22.2. The molecule has 2 heterocycles. The first-order chi connectivity index (χ1) is 18.6. The number of allylic oxidation sites excluding steroid dienone is 1. The monoisotopic (exact) mass is 544 g/mol. The van der Waals surface area contributed by atoms with E-state index in [1.807, 2.05) is 54.7 Å². The van der Waals surface area contributed by atoms with Gasteiger partial charge in [-0.2, -0.15) is 13.0 Å². The van der Waals surface area contributed by atoms with Crippen molar-refractivity contribution < 1.29 is 27.1 Å². The summed E-state index contributed by atoms with van der Waals surface area (Å²) in [5.74, 6) is -0.981. The number of benzene rings is 3. The molecule has 8 nitrogen and oxygen atoms in total. The molecule has 0 atom stereocenters. The van der Waals surface area contributed by atoms with Crippen molar-refractivity contribution in [3.63, 3.8) is 0 Å². The Morgan fingerprint density at radius 2 is 1.56 bits per heavy atom. The summed E-state index contributed by atoms with van der Waals surface area (Å²) in [5.41, 5.74) is 4.60. The highest BCUT2D eigenvalue weighted by Gasteiger charge is 2.45. The summed E-state index contributed by atoms with van der Waals surface area (Å²) in [6.45, 7) is 4.69. The largest absolute Gasteiger partial charge is 0.361 e. The molecule has 0 saturated carbocycles. The number of nitrogens with one attached hydrogen (secondary N) is 1. The van der Waals surface area contributed by atoms with E-state index in [-0.39, 0.29) is 17.6 Å². The van der Waals surface area contributed by atoms with Crippen LogP contribution in [0.1, 0.15) is 53.0 Å². The molecule has 5 rings (SSSR count). The maximum Gasteiger partial charge on any atom is 0.266 e. The molecule has 3 aromatic rings. The SMILES string of the molecule is CC1(C)C(/C=C/Nc2ccccc2)=[N+](CCCCS(=O)(=O)O)c2ccc(N3C(=O)c4ccccc4C3=O)cc21. The van der Waals surface area contributed by atoms with E-state index < -0.39 is 15.5 Å². The van der Waals surface area contributed by atoms with Crippen molar-refractivity contribution in [2.45, 2.75) is 32.1 Å². The fourth-order valence-corrected chi connectivity index (χ4v) is 5.84. The number of unbranched alkanes of at least 4 members (excludes halogenated alkanes) is 1. The third-order valence-electron chi connectivity index (χ3n) is 7.23. The number of hydrogen-bond donors (Lipinski definition) is 2. The van der Waals surface area contributed by atoms with Gasteiger partial charge in [-0.05, 0) is 56.7 Å². The molecule has 0 bridgehead atoms. The minimum Gasteiger partial charge on any atom is -0.361 e. The minimum atomic E-state index is -4.03. The summed E-state index contributed by atoms with van der Waals surface area (Å²) in [4.78, 5) is 27.5. The number of para-hydroxylation sites is 1. The van der Waals surface area contributed by atoms with Crippen LogP contribution in [-0.2, 0) is 15.5 Å². The summed E-state index contributed by atoms with van der Waals surface area (Å²) < 4.78 is 33.7. The van der Waals surface area contributed by atoms with Crippen LogP contribution >= 0.6 is 0 Å². The highest BCUT2D eigenvalue weighted by molar-refractivity contribution is 7.85. The van der Waals surface area contributed by atoms with Crippen LogP contribution in [0, 0.1) is 0 Å². The summed E-state index contributed by atoms with van der Waals surface area (Å²) in [7, 11) is -4.03. The van der Waals surface area contributed by atoms with E-state index in [0.29, 0.717) is 36.2 Å². The zero-order valence-electron chi connectivity index (χ0n) is 21.8. The molecule has 2 amide bonds. The smallest absolute Gasteiger partial charge is 0.266 e. The molecule has 9 heteroatoms. The summed E-state index contributed by atoms with van der Waals surface area (Å²) in [5, 5.41) is 3.28. The van der Waals surface area contributed by atoms with Crippen molar-refractivity contribution in [1.82, 2.24) is 0 Å². The molecule has 0 aliphatic carbocycles. The number of anilines is 2. The van der Waals surface area contributed by atoms with Gasteiger partial charge in [-0.25, -0.2) is 4.90 Å². The molecule has 0 unspecified atom stereocenters. The van der Waals surface area contributed by atoms with E-state index in [2.05, 4.69) is 23.7 Å². The van der Waals surface area contributed by atoms with E-state index in [9.17, 15) is 18.0 Å². The predicted molar refractivity (Wildman–Crippen MR) is 152 cm³/mol. The molecule has 2 aliphatic heterocycles. The van der Waals surface area contributed by atoms with Gasteiger partial charge in [-0.15, -0.1) is 0 Å². The van der Waals surface area contributed by atoms with Gasteiger partial charge < -0.3 is 5.32 Å². The van der Waals surface area contributed by atoms with Gasteiger partial charge in [0.05, 0.1) is 28.0 Å². The first kappa shape index (κ1) is 26.5. The lowest BCUT2D eigenvalue weighted by Gasteiger charge is -2.19. The molecule has 0 aromatic heterocycles. The molecule has 0 saturated heterocycles. The molecule has 3 aromatic carbocycles. The Kier molecular flexibility index (Phi) is 6.96. The predicted octanol–water partition coefficient (Wildman–Crippen LogP) is 5.16. The van der Waals surface area contributed by atoms with Crippen LogP contribution in [0.15, 0.2) is 85.1 Å². The molecule has 0 radical (unpaired) electrons. The third-order valence-corrected chi connectivity index (χ3v) is 8.03.